The molecule has 0 heterocycles. The van der Waals surface area contributed by atoms with E-state index in [2.05, 4.69) is 6.92 Å². The molecule has 0 aliphatic rings. The highest BCUT2D eigenvalue weighted by molar-refractivity contribution is 5.64. The molecule has 0 N–H and O–H groups in total. The average Bonchev–Trinajstić information content (AvgIpc) is 2.39. The SMILES string of the molecule is CCCCCCOC(=O)Oc1ccccc1CC. The van der Waals surface area contributed by atoms with Gasteiger partial charge >= 0.3 is 6.16 Å². The van der Waals surface area contributed by atoms with Crippen LogP contribution in [0.5, 0.6) is 5.75 Å². The number of hydrogen-bond acceptors (Lipinski definition) is 3. The van der Waals surface area contributed by atoms with Crippen LogP contribution in [0.2, 0.25) is 0 Å². The molecule has 0 bridgehead atoms. The zero-order valence-corrected chi connectivity index (χ0v) is 11.3. The largest absolute Gasteiger partial charge is 0.513 e. The first-order chi connectivity index (χ1) is 8.77. The second kappa shape index (κ2) is 8.56. The molecule has 0 aromatic heterocycles. The molecule has 0 aliphatic heterocycles. The molecule has 0 spiro atoms. The molecule has 3 nitrogen and oxygen atoms in total. The van der Waals surface area contributed by atoms with Crippen LogP contribution in [0.25, 0.3) is 0 Å². The number of carbonyl (C=O) groups excluding carboxylic acids is 1. The Morgan fingerprint density at radius 1 is 1.11 bits per heavy atom. The lowest BCUT2D eigenvalue weighted by Gasteiger charge is -2.08. The van der Waals surface area contributed by atoms with E-state index in [9.17, 15) is 4.79 Å². The average molecular weight is 250 g/mol. The van der Waals surface area contributed by atoms with Crippen molar-refractivity contribution < 1.29 is 14.3 Å². The van der Waals surface area contributed by atoms with Crippen LogP contribution in [0.15, 0.2) is 24.3 Å². The van der Waals surface area contributed by atoms with Gasteiger partial charge in [-0.25, -0.2) is 4.79 Å². The van der Waals surface area contributed by atoms with Crippen molar-refractivity contribution in [3.63, 3.8) is 0 Å². The normalized spacial score (nSPS) is 10.1. The van der Waals surface area contributed by atoms with Crippen LogP contribution in [0, 0.1) is 0 Å². The lowest BCUT2D eigenvalue weighted by atomic mass is 10.1. The third-order valence-corrected chi connectivity index (χ3v) is 2.76. The van der Waals surface area contributed by atoms with Gasteiger partial charge in [0, 0.05) is 0 Å². The Labute approximate surface area is 109 Å². The molecule has 0 saturated carbocycles. The third-order valence-electron chi connectivity index (χ3n) is 2.76. The van der Waals surface area contributed by atoms with Crippen LogP contribution in [-0.4, -0.2) is 12.8 Å². The topological polar surface area (TPSA) is 35.5 Å². The Bertz CT molecular complexity index is 361. The monoisotopic (exact) mass is 250 g/mol. The van der Waals surface area contributed by atoms with Gasteiger partial charge in [0.2, 0.25) is 0 Å². The fraction of sp³-hybridized carbons (Fsp3) is 0.533. The zero-order chi connectivity index (χ0) is 13.2. The van der Waals surface area contributed by atoms with Crippen molar-refractivity contribution in [1.29, 1.82) is 0 Å². The van der Waals surface area contributed by atoms with Gasteiger partial charge in [0.1, 0.15) is 5.75 Å². The van der Waals surface area contributed by atoms with Crippen LogP contribution in [0.1, 0.15) is 45.1 Å². The van der Waals surface area contributed by atoms with E-state index in [1.807, 2.05) is 25.1 Å². The summed E-state index contributed by atoms with van der Waals surface area (Å²) in [4.78, 5) is 11.5. The van der Waals surface area contributed by atoms with Gasteiger partial charge in [-0.2, -0.15) is 0 Å². The van der Waals surface area contributed by atoms with Gasteiger partial charge in [0.05, 0.1) is 6.61 Å². The summed E-state index contributed by atoms with van der Waals surface area (Å²) in [5, 5.41) is 0. The molecule has 1 aromatic carbocycles. The first kappa shape index (κ1) is 14.6. The number of hydrogen-bond donors (Lipinski definition) is 0. The van der Waals surface area contributed by atoms with Crippen molar-refractivity contribution in [1.82, 2.24) is 0 Å². The molecule has 1 rings (SSSR count). The third kappa shape index (κ3) is 5.21. The van der Waals surface area contributed by atoms with Crippen LogP contribution in [0.4, 0.5) is 4.79 Å². The zero-order valence-electron chi connectivity index (χ0n) is 11.3. The molecule has 1 aromatic rings. The van der Waals surface area contributed by atoms with Gasteiger partial charge in [0.15, 0.2) is 0 Å². The maximum Gasteiger partial charge on any atom is 0.513 e. The van der Waals surface area contributed by atoms with Crippen molar-refractivity contribution in [3.05, 3.63) is 29.8 Å². The molecule has 0 unspecified atom stereocenters. The molecular formula is C15H22O3. The van der Waals surface area contributed by atoms with Crippen molar-refractivity contribution >= 4 is 6.16 Å². The van der Waals surface area contributed by atoms with E-state index < -0.39 is 6.16 Å². The standard InChI is InChI=1S/C15H22O3/c1-3-5-6-9-12-17-15(16)18-14-11-8-7-10-13(14)4-2/h7-8,10-11H,3-6,9,12H2,1-2H3. The molecule has 0 aliphatic carbocycles. The predicted octanol–water partition coefficient (Wildman–Crippen LogP) is 4.34. The smallest absolute Gasteiger partial charge is 0.434 e. The van der Waals surface area contributed by atoms with E-state index in [1.54, 1.807) is 6.07 Å². The second-order valence-corrected chi connectivity index (χ2v) is 4.22. The number of rotatable bonds is 7. The van der Waals surface area contributed by atoms with Crippen LogP contribution in [-0.2, 0) is 11.2 Å². The van der Waals surface area contributed by atoms with Crippen LogP contribution >= 0.6 is 0 Å². The Morgan fingerprint density at radius 2 is 1.89 bits per heavy atom. The van der Waals surface area contributed by atoms with E-state index >= 15 is 0 Å². The molecular weight excluding hydrogens is 228 g/mol. The van der Waals surface area contributed by atoms with Gasteiger partial charge in [-0.15, -0.1) is 0 Å². The minimum Gasteiger partial charge on any atom is -0.434 e. The Morgan fingerprint density at radius 3 is 2.61 bits per heavy atom. The Hall–Kier alpha value is -1.51. The van der Waals surface area contributed by atoms with E-state index in [-0.39, 0.29) is 0 Å². The van der Waals surface area contributed by atoms with Gasteiger partial charge in [-0.05, 0) is 24.5 Å². The van der Waals surface area contributed by atoms with Gasteiger partial charge in [-0.3, -0.25) is 0 Å². The highest BCUT2D eigenvalue weighted by Gasteiger charge is 2.08. The molecule has 0 fully saturated rings. The summed E-state index contributed by atoms with van der Waals surface area (Å²) in [5.74, 6) is 0.596. The van der Waals surface area contributed by atoms with E-state index in [4.69, 9.17) is 9.47 Å². The quantitative estimate of drug-likeness (QED) is 0.410. The Kier molecular flexibility index (Phi) is 6.92. The first-order valence-corrected chi connectivity index (χ1v) is 6.70. The summed E-state index contributed by atoms with van der Waals surface area (Å²) in [7, 11) is 0. The molecule has 0 atom stereocenters. The predicted molar refractivity (Wildman–Crippen MR) is 71.9 cm³/mol. The van der Waals surface area contributed by atoms with Crippen molar-refractivity contribution in [2.24, 2.45) is 0 Å². The fourth-order valence-electron chi connectivity index (χ4n) is 1.70. The summed E-state index contributed by atoms with van der Waals surface area (Å²) < 4.78 is 10.2. The lowest BCUT2D eigenvalue weighted by Crippen LogP contribution is -2.12. The van der Waals surface area contributed by atoms with Crippen molar-refractivity contribution in [3.8, 4) is 5.75 Å². The summed E-state index contributed by atoms with van der Waals surface area (Å²) in [6, 6.07) is 7.52. The van der Waals surface area contributed by atoms with Gasteiger partial charge in [0.25, 0.3) is 0 Å². The number of benzene rings is 1. The highest BCUT2D eigenvalue weighted by atomic mass is 16.7. The molecule has 0 saturated heterocycles. The molecule has 100 valence electrons. The van der Waals surface area contributed by atoms with E-state index in [0.29, 0.717) is 12.4 Å². The highest BCUT2D eigenvalue weighted by Crippen LogP contribution is 2.18. The lowest BCUT2D eigenvalue weighted by molar-refractivity contribution is 0.0970. The summed E-state index contributed by atoms with van der Waals surface area (Å²) in [6.45, 7) is 4.61. The summed E-state index contributed by atoms with van der Waals surface area (Å²) >= 11 is 0. The number of carbonyl (C=O) groups is 1. The van der Waals surface area contributed by atoms with Crippen LogP contribution in [0.3, 0.4) is 0 Å². The minimum atomic E-state index is -0.604. The molecule has 0 radical (unpaired) electrons. The fourth-order valence-corrected chi connectivity index (χ4v) is 1.70. The van der Waals surface area contributed by atoms with E-state index in [0.717, 1.165) is 24.8 Å². The maximum absolute atomic E-state index is 11.5. The molecule has 3 heteroatoms. The second-order valence-electron chi connectivity index (χ2n) is 4.22. The summed E-state index contributed by atoms with van der Waals surface area (Å²) in [6.07, 6.45) is 4.58. The van der Waals surface area contributed by atoms with E-state index in [1.165, 1.54) is 12.8 Å². The Balaban J connectivity index is 2.31. The van der Waals surface area contributed by atoms with Gasteiger partial charge < -0.3 is 9.47 Å². The molecule has 0 amide bonds. The number of ether oxygens (including phenoxy) is 2. The van der Waals surface area contributed by atoms with Gasteiger partial charge in [-0.1, -0.05) is 51.3 Å². The minimum absolute atomic E-state index is 0.438. The van der Waals surface area contributed by atoms with Crippen LogP contribution < -0.4 is 4.74 Å². The first-order valence-electron chi connectivity index (χ1n) is 6.70. The molecule has 18 heavy (non-hydrogen) atoms. The maximum atomic E-state index is 11.5. The van der Waals surface area contributed by atoms with Crippen molar-refractivity contribution in [2.75, 3.05) is 6.61 Å². The van der Waals surface area contributed by atoms with Crippen molar-refractivity contribution in [2.45, 2.75) is 46.0 Å². The summed E-state index contributed by atoms with van der Waals surface area (Å²) in [5.41, 5.74) is 1.01. The number of aryl methyl sites for hydroxylation is 1. The number of para-hydroxylation sites is 1. The number of unbranched alkanes of at least 4 members (excludes halogenated alkanes) is 3.